The molecule has 0 aliphatic carbocycles. The van der Waals surface area contributed by atoms with Crippen LogP contribution in [0.15, 0.2) is 24.5 Å². The first-order valence-electron chi connectivity index (χ1n) is 6.54. The number of hydrogen-bond acceptors (Lipinski definition) is 3. The van der Waals surface area contributed by atoms with Gasteiger partial charge in [-0.15, -0.1) is 0 Å². The van der Waals surface area contributed by atoms with Gasteiger partial charge in [0.1, 0.15) is 0 Å². The Morgan fingerprint density at radius 1 is 1.41 bits per heavy atom. The molecule has 2 aromatic rings. The Hall–Kier alpha value is -1.76. The van der Waals surface area contributed by atoms with Crippen LogP contribution in [-0.4, -0.2) is 27.5 Å². The van der Waals surface area contributed by atoms with Crippen LogP contribution >= 0.6 is 23.2 Å². The number of aromatic nitrogens is 2. The van der Waals surface area contributed by atoms with Crippen molar-refractivity contribution in [2.45, 2.75) is 13.0 Å². The molecule has 1 heterocycles. The van der Waals surface area contributed by atoms with Crippen LogP contribution in [0, 0.1) is 6.92 Å². The van der Waals surface area contributed by atoms with Crippen molar-refractivity contribution >= 4 is 34.9 Å². The molecule has 0 aliphatic rings. The van der Waals surface area contributed by atoms with Gasteiger partial charge >= 0.3 is 6.03 Å². The maximum absolute atomic E-state index is 11.8. The summed E-state index contributed by atoms with van der Waals surface area (Å²) < 4.78 is 1.58. The lowest BCUT2D eigenvalue weighted by Crippen LogP contribution is -2.32. The molecule has 0 radical (unpaired) electrons. The molecule has 0 saturated carbocycles. The number of rotatable bonds is 4. The van der Waals surface area contributed by atoms with Crippen LogP contribution in [0.4, 0.5) is 10.5 Å². The van der Waals surface area contributed by atoms with E-state index in [1.165, 1.54) is 0 Å². The number of carbonyl (C=O) groups is 1. The smallest absolute Gasteiger partial charge is 0.319 e. The second-order valence-corrected chi connectivity index (χ2v) is 5.68. The number of aliphatic hydroxyl groups is 1. The van der Waals surface area contributed by atoms with E-state index in [1.54, 1.807) is 43.2 Å². The average molecular weight is 343 g/mol. The number of benzene rings is 1. The second kappa shape index (κ2) is 7.00. The third kappa shape index (κ3) is 4.13. The van der Waals surface area contributed by atoms with Crippen LogP contribution in [0.1, 0.15) is 17.2 Å². The average Bonchev–Trinajstić information content (AvgIpc) is 2.89. The SMILES string of the molecule is Cc1c(Cl)cc(NC(=O)NC[C@@H](O)c2cnn(C)c2)cc1Cl. The minimum Gasteiger partial charge on any atom is -0.386 e. The molecule has 2 amide bonds. The molecule has 8 heteroatoms. The van der Waals surface area contributed by atoms with Crippen molar-refractivity contribution < 1.29 is 9.90 Å². The van der Waals surface area contributed by atoms with E-state index in [0.717, 1.165) is 5.56 Å². The van der Waals surface area contributed by atoms with Crippen molar-refractivity contribution in [1.29, 1.82) is 0 Å². The van der Waals surface area contributed by atoms with E-state index in [1.807, 2.05) is 0 Å². The first kappa shape index (κ1) is 16.6. The number of hydrogen-bond donors (Lipinski definition) is 3. The van der Waals surface area contributed by atoms with E-state index in [2.05, 4.69) is 15.7 Å². The van der Waals surface area contributed by atoms with Crippen LogP contribution in [0.2, 0.25) is 10.0 Å². The zero-order valence-corrected chi connectivity index (χ0v) is 13.6. The van der Waals surface area contributed by atoms with Crippen LogP contribution in [0.25, 0.3) is 0 Å². The molecule has 0 bridgehead atoms. The van der Waals surface area contributed by atoms with Gasteiger partial charge in [0.15, 0.2) is 0 Å². The zero-order valence-electron chi connectivity index (χ0n) is 12.1. The van der Waals surface area contributed by atoms with Crippen molar-refractivity contribution in [2.24, 2.45) is 7.05 Å². The van der Waals surface area contributed by atoms with Gasteiger partial charge in [-0.3, -0.25) is 4.68 Å². The van der Waals surface area contributed by atoms with Crippen molar-refractivity contribution in [2.75, 3.05) is 11.9 Å². The monoisotopic (exact) mass is 342 g/mol. The Labute approximate surface area is 138 Å². The molecule has 118 valence electrons. The third-order valence-corrected chi connectivity index (χ3v) is 3.89. The molecule has 2 rings (SSSR count). The number of carbonyl (C=O) groups excluding carboxylic acids is 1. The van der Waals surface area contributed by atoms with E-state index >= 15 is 0 Å². The second-order valence-electron chi connectivity index (χ2n) is 4.86. The number of halogens is 2. The summed E-state index contributed by atoms with van der Waals surface area (Å²) >= 11 is 12.0. The van der Waals surface area contributed by atoms with Crippen LogP contribution in [-0.2, 0) is 7.05 Å². The van der Waals surface area contributed by atoms with Crippen molar-refractivity contribution in [3.05, 3.63) is 45.7 Å². The predicted octanol–water partition coefficient (Wildman–Crippen LogP) is 2.89. The van der Waals surface area contributed by atoms with Gasteiger partial charge in [-0.1, -0.05) is 23.2 Å². The number of anilines is 1. The summed E-state index contributed by atoms with van der Waals surface area (Å²) in [6.45, 7) is 1.85. The van der Waals surface area contributed by atoms with Crippen molar-refractivity contribution in [3.8, 4) is 0 Å². The number of amides is 2. The van der Waals surface area contributed by atoms with Gasteiger partial charge in [0.05, 0.1) is 12.3 Å². The first-order chi connectivity index (χ1) is 10.4. The fourth-order valence-electron chi connectivity index (χ4n) is 1.81. The topological polar surface area (TPSA) is 79.2 Å². The fourth-order valence-corrected chi connectivity index (χ4v) is 2.30. The number of aryl methyl sites for hydroxylation is 1. The maximum Gasteiger partial charge on any atom is 0.319 e. The Morgan fingerprint density at radius 3 is 2.59 bits per heavy atom. The lowest BCUT2D eigenvalue weighted by Gasteiger charge is -2.12. The fraction of sp³-hybridized carbons (Fsp3) is 0.286. The number of aliphatic hydroxyl groups excluding tert-OH is 1. The highest BCUT2D eigenvalue weighted by molar-refractivity contribution is 6.36. The molecule has 0 spiro atoms. The normalized spacial score (nSPS) is 12.0. The molecule has 3 N–H and O–H groups in total. The molecular formula is C14H16Cl2N4O2. The quantitative estimate of drug-likeness (QED) is 0.799. The van der Waals surface area contributed by atoms with Gasteiger partial charge in [-0.05, 0) is 24.6 Å². The Morgan fingerprint density at radius 2 is 2.05 bits per heavy atom. The molecule has 0 fully saturated rings. The molecule has 0 saturated heterocycles. The van der Waals surface area contributed by atoms with Gasteiger partial charge < -0.3 is 15.7 Å². The van der Waals surface area contributed by atoms with Gasteiger partial charge in [0, 0.05) is 41.1 Å². The molecule has 6 nitrogen and oxygen atoms in total. The van der Waals surface area contributed by atoms with Crippen LogP contribution in [0.5, 0.6) is 0 Å². The lowest BCUT2D eigenvalue weighted by molar-refractivity contribution is 0.175. The van der Waals surface area contributed by atoms with Gasteiger partial charge in [0.2, 0.25) is 0 Å². The highest BCUT2D eigenvalue weighted by Gasteiger charge is 2.12. The van der Waals surface area contributed by atoms with E-state index in [9.17, 15) is 9.90 Å². The first-order valence-corrected chi connectivity index (χ1v) is 7.29. The standard InChI is InChI=1S/C14H16Cl2N4O2/c1-8-11(15)3-10(4-12(8)16)19-14(22)17-6-13(21)9-5-18-20(2)7-9/h3-5,7,13,21H,6H2,1-2H3,(H2,17,19,22)/t13-/m1/s1. The summed E-state index contributed by atoms with van der Waals surface area (Å²) in [6, 6.07) is 2.76. The largest absolute Gasteiger partial charge is 0.386 e. The zero-order chi connectivity index (χ0) is 16.3. The number of urea groups is 1. The Kier molecular flexibility index (Phi) is 5.28. The summed E-state index contributed by atoms with van der Waals surface area (Å²) in [5.41, 5.74) is 1.86. The molecule has 1 aromatic carbocycles. The predicted molar refractivity (Wildman–Crippen MR) is 86.4 cm³/mol. The molecule has 1 aromatic heterocycles. The summed E-state index contributed by atoms with van der Waals surface area (Å²) in [5, 5.41) is 20.0. The lowest BCUT2D eigenvalue weighted by atomic mass is 10.2. The Bertz CT molecular complexity index is 664. The minimum absolute atomic E-state index is 0.0604. The van der Waals surface area contributed by atoms with Gasteiger partial charge in [0.25, 0.3) is 0 Å². The minimum atomic E-state index is -0.829. The van der Waals surface area contributed by atoms with E-state index in [4.69, 9.17) is 23.2 Å². The summed E-state index contributed by atoms with van der Waals surface area (Å²) in [6.07, 6.45) is 2.40. The van der Waals surface area contributed by atoms with E-state index < -0.39 is 12.1 Å². The molecule has 0 unspecified atom stereocenters. The van der Waals surface area contributed by atoms with E-state index in [-0.39, 0.29) is 6.54 Å². The van der Waals surface area contributed by atoms with Crippen LogP contribution in [0.3, 0.4) is 0 Å². The number of nitrogens with zero attached hydrogens (tertiary/aromatic N) is 2. The van der Waals surface area contributed by atoms with Gasteiger partial charge in [-0.2, -0.15) is 5.10 Å². The molecular weight excluding hydrogens is 327 g/mol. The molecule has 1 atom stereocenters. The van der Waals surface area contributed by atoms with Crippen LogP contribution < -0.4 is 10.6 Å². The summed E-state index contributed by atoms with van der Waals surface area (Å²) in [4.78, 5) is 11.8. The molecule has 22 heavy (non-hydrogen) atoms. The van der Waals surface area contributed by atoms with Gasteiger partial charge in [-0.25, -0.2) is 4.79 Å². The Balaban J connectivity index is 1.90. The highest BCUT2D eigenvalue weighted by atomic mass is 35.5. The third-order valence-electron chi connectivity index (χ3n) is 3.10. The molecule has 0 aliphatic heterocycles. The highest BCUT2D eigenvalue weighted by Crippen LogP contribution is 2.28. The maximum atomic E-state index is 11.8. The van der Waals surface area contributed by atoms with E-state index in [0.29, 0.717) is 21.3 Å². The summed E-state index contributed by atoms with van der Waals surface area (Å²) in [7, 11) is 1.75. The van der Waals surface area contributed by atoms with Crippen molar-refractivity contribution in [3.63, 3.8) is 0 Å². The van der Waals surface area contributed by atoms with Crippen molar-refractivity contribution in [1.82, 2.24) is 15.1 Å². The summed E-state index contributed by atoms with van der Waals surface area (Å²) in [5.74, 6) is 0. The number of nitrogens with one attached hydrogen (secondary N) is 2.